The molecule has 0 bridgehead atoms. The predicted octanol–water partition coefficient (Wildman–Crippen LogP) is 1.89. The maximum Gasteiger partial charge on any atom is 0.317 e. The lowest BCUT2D eigenvalue weighted by Gasteiger charge is -2.31. The summed E-state index contributed by atoms with van der Waals surface area (Å²) < 4.78 is 0. The highest BCUT2D eigenvalue weighted by atomic mass is 16.2. The van der Waals surface area contributed by atoms with Crippen molar-refractivity contribution in [3.05, 3.63) is 35.9 Å². The van der Waals surface area contributed by atoms with Crippen molar-refractivity contribution in [3.63, 3.8) is 0 Å². The van der Waals surface area contributed by atoms with Gasteiger partial charge in [0.05, 0.1) is 0 Å². The average Bonchev–Trinajstić information content (AvgIpc) is 3.37. The summed E-state index contributed by atoms with van der Waals surface area (Å²) in [6.45, 7) is 1.91. The molecule has 1 aliphatic carbocycles. The van der Waals surface area contributed by atoms with Crippen LogP contribution in [0.25, 0.3) is 0 Å². The molecular formula is C17H23N3O2. The molecule has 0 aromatic heterocycles. The Labute approximate surface area is 131 Å². The van der Waals surface area contributed by atoms with Gasteiger partial charge in [-0.25, -0.2) is 4.79 Å². The summed E-state index contributed by atoms with van der Waals surface area (Å²) in [6, 6.07) is 10.3. The largest absolute Gasteiger partial charge is 0.352 e. The SMILES string of the molecule is O=C(NCc1ccccc1)C1CCN(C(=O)NC2CC2)CC1. The van der Waals surface area contributed by atoms with Gasteiger partial charge in [0.2, 0.25) is 5.91 Å². The maximum atomic E-state index is 12.2. The molecular weight excluding hydrogens is 278 g/mol. The molecule has 5 nitrogen and oxygen atoms in total. The van der Waals surface area contributed by atoms with Crippen molar-refractivity contribution in [1.29, 1.82) is 0 Å². The van der Waals surface area contributed by atoms with Crippen molar-refractivity contribution < 1.29 is 9.59 Å². The summed E-state index contributed by atoms with van der Waals surface area (Å²) in [5, 5.41) is 6.00. The van der Waals surface area contributed by atoms with Crippen LogP contribution in [0.2, 0.25) is 0 Å². The molecule has 1 saturated heterocycles. The van der Waals surface area contributed by atoms with Gasteiger partial charge < -0.3 is 15.5 Å². The van der Waals surface area contributed by atoms with Crippen LogP contribution in [0.4, 0.5) is 4.79 Å². The number of amides is 3. The molecule has 1 aromatic carbocycles. The standard InChI is InChI=1S/C17H23N3O2/c21-16(18-12-13-4-2-1-3-5-13)14-8-10-20(11-9-14)17(22)19-15-6-7-15/h1-5,14-15H,6-12H2,(H,18,21)(H,19,22). The van der Waals surface area contributed by atoms with Crippen LogP contribution >= 0.6 is 0 Å². The average molecular weight is 301 g/mol. The van der Waals surface area contributed by atoms with Crippen molar-refractivity contribution in [2.75, 3.05) is 13.1 Å². The molecule has 0 radical (unpaired) electrons. The van der Waals surface area contributed by atoms with Crippen molar-refractivity contribution >= 4 is 11.9 Å². The fourth-order valence-corrected chi connectivity index (χ4v) is 2.77. The number of hydrogen-bond donors (Lipinski definition) is 2. The number of carbonyl (C=O) groups excluding carboxylic acids is 2. The van der Waals surface area contributed by atoms with Gasteiger partial charge in [0.25, 0.3) is 0 Å². The number of urea groups is 1. The highest BCUT2D eigenvalue weighted by Crippen LogP contribution is 2.21. The Kier molecular flexibility index (Phi) is 4.61. The number of nitrogens with zero attached hydrogens (tertiary/aromatic N) is 1. The van der Waals surface area contributed by atoms with E-state index in [2.05, 4.69) is 10.6 Å². The first-order chi connectivity index (χ1) is 10.7. The molecule has 0 unspecified atom stereocenters. The lowest BCUT2D eigenvalue weighted by molar-refractivity contribution is -0.126. The van der Waals surface area contributed by atoms with Crippen molar-refractivity contribution in [2.45, 2.75) is 38.3 Å². The van der Waals surface area contributed by atoms with Crippen LogP contribution in [-0.4, -0.2) is 36.0 Å². The minimum atomic E-state index is 0.0219. The molecule has 1 aromatic rings. The number of piperidine rings is 1. The molecule has 2 N–H and O–H groups in total. The van der Waals surface area contributed by atoms with Crippen LogP contribution in [0.1, 0.15) is 31.2 Å². The van der Waals surface area contributed by atoms with E-state index in [9.17, 15) is 9.59 Å². The normalized spacial score (nSPS) is 18.8. The molecule has 1 heterocycles. The lowest BCUT2D eigenvalue weighted by Crippen LogP contribution is -2.47. The third kappa shape index (κ3) is 4.00. The number of benzene rings is 1. The van der Waals surface area contributed by atoms with E-state index in [1.165, 1.54) is 0 Å². The van der Waals surface area contributed by atoms with E-state index in [-0.39, 0.29) is 17.9 Å². The van der Waals surface area contributed by atoms with Gasteiger partial charge >= 0.3 is 6.03 Å². The van der Waals surface area contributed by atoms with E-state index in [0.29, 0.717) is 25.7 Å². The first-order valence-corrected chi connectivity index (χ1v) is 8.09. The third-order valence-corrected chi connectivity index (χ3v) is 4.37. The van der Waals surface area contributed by atoms with E-state index in [1.54, 1.807) is 0 Å². The molecule has 2 aliphatic rings. The number of hydrogen-bond acceptors (Lipinski definition) is 2. The fraction of sp³-hybridized carbons (Fsp3) is 0.529. The summed E-state index contributed by atoms with van der Waals surface area (Å²) in [5.74, 6) is 0.125. The summed E-state index contributed by atoms with van der Waals surface area (Å²) >= 11 is 0. The Morgan fingerprint density at radius 3 is 2.36 bits per heavy atom. The van der Waals surface area contributed by atoms with E-state index in [1.807, 2.05) is 35.2 Å². The zero-order valence-corrected chi connectivity index (χ0v) is 12.8. The summed E-state index contributed by atoms with van der Waals surface area (Å²) in [5.41, 5.74) is 1.11. The van der Waals surface area contributed by atoms with Gasteiger partial charge in [-0.15, -0.1) is 0 Å². The van der Waals surface area contributed by atoms with Crippen LogP contribution in [-0.2, 0) is 11.3 Å². The highest BCUT2D eigenvalue weighted by molar-refractivity contribution is 5.79. The maximum absolute atomic E-state index is 12.2. The third-order valence-electron chi connectivity index (χ3n) is 4.37. The first kappa shape index (κ1) is 14.9. The van der Waals surface area contributed by atoms with Gasteiger partial charge in [0.15, 0.2) is 0 Å². The number of carbonyl (C=O) groups is 2. The van der Waals surface area contributed by atoms with E-state index in [4.69, 9.17) is 0 Å². The smallest absolute Gasteiger partial charge is 0.317 e. The van der Waals surface area contributed by atoms with Crippen molar-refractivity contribution in [2.24, 2.45) is 5.92 Å². The lowest BCUT2D eigenvalue weighted by atomic mass is 9.96. The van der Waals surface area contributed by atoms with Gasteiger partial charge in [-0.3, -0.25) is 4.79 Å². The van der Waals surface area contributed by atoms with Crippen LogP contribution in [0.15, 0.2) is 30.3 Å². The van der Waals surface area contributed by atoms with Gasteiger partial charge in [0.1, 0.15) is 0 Å². The Morgan fingerprint density at radius 2 is 1.73 bits per heavy atom. The van der Waals surface area contributed by atoms with Crippen LogP contribution in [0.5, 0.6) is 0 Å². The Bertz CT molecular complexity index is 520. The molecule has 3 amide bonds. The van der Waals surface area contributed by atoms with Crippen molar-refractivity contribution in [1.82, 2.24) is 15.5 Å². The Morgan fingerprint density at radius 1 is 1.05 bits per heavy atom. The molecule has 2 fully saturated rings. The zero-order chi connectivity index (χ0) is 15.4. The highest BCUT2D eigenvalue weighted by Gasteiger charge is 2.30. The number of rotatable bonds is 4. The Hall–Kier alpha value is -2.04. The topological polar surface area (TPSA) is 61.4 Å². The Balaban J connectivity index is 1.40. The van der Waals surface area contributed by atoms with Crippen LogP contribution in [0.3, 0.4) is 0 Å². The summed E-state index contributed by atoms with van der Waals surface area (Å²) in [4.78, 5) is 26.0. The van der Waals surface area contributed by atoms with Crippen LogP contribution in [0, 0.1) is 5.92 Å². The predicted molar refractivity (Wildman–Crippen MR) is 84.1 cm³/mol. The monoisotopic (exact) mass is 301 g/mol. The van der Waals surface area contributed by atoms with Gasteiger partial charge in [0, 0.05) is 31.6 Å². The van der Waals surface area contributed by atoms with E-state index < -0.39 is 0 Å². The van der Waals surface area contributed by atoms with Gasteiger partial charge in [-0.05, 0) is 31.2 Å². The molecule has 3 rings (SSSR count). The first-order valence-electron chi connectivity index (χ1n) is 8.09. The summed E-state index contributed by atoms with van der Waals surface area (Å²) in [7, 11) is 0. The molecule has 118 valence electrons. The van der Waals surface area contributed by atoms with E-state index in [0.717, 1.165) is 31.2 Å². The second kappa shape index (κ2) is 6.81. The van der Waals surface area contributed by atoms with Crippen LogP contribution < -0.4 is 10.6 Å². The molecule has 1 aliphatic heterocycles. The number of nitrogens with one attached hydrogen (secondary N) is 2. The minimum Gasteiger partial charge on any atom is -0.352 e. The van der Waals surface area contributed by atoms with Crippen molar-refractivity contribution in [3.8, 4) is 0 Å². The second-order valence-electron chi connectivity index (χ2n) is 6.19. The molecule has 1 saturated carbocycles. The molecule has 0 atom stereocenters. The molecule has 5 heteroatoms. The summed E-state index contributed by atoms with van der Waals surface area (Å²) in [6.07, 6.45) is 3.70. The minimum absolute atomic E-state index is 0.0219. The molecule has 22 heavy (non-hydrogen) atoms. The van der Waals surface area contributed by atoms with Gasteiger partial charge in [-0.1, -0.05) is 30.3 Å². The second-order valence-corrected chi connectivity index (χ2v) is 6.19. The number of likely N-dealkylation sites (tertiary alicyclic amines) is 1. The molecule has 0 spiro atoms. The van der Waals surface area contributed by atoms with Gasteiger partial charge in [-0.2, -0.15) is 0 Å². The zero-order valence-electron chi connectivity index (χ0n) is 12.8. The quantitative estimate of drug-likeness (QED) is 0.892. The fourth-order valence-electron chi connectivity index (χ4n) is 2.77. The van der Waals surface area contributed by atoms with E-state index >= 15 is 0 Å².